The fourth-order valence-corrected chi connectivity index (χ4v) is 4.16. The van der Waals surface area contributed by atoms with Crippen molar-refractivity contribution in [2.24, 2.45) is 5.92 Å². The zero-order valence-corrected chi connectivity index (χ0v) is 11.1. The first-order chi connectivity index (χ1) is 6.23. The van der Waals surface area contributed by atoms with Crippen LogP contribution >= 0.6 is 0 Å². The Bertz CT molecular complexity index is 138. The molecule has 0 saturated heterocycles. The molecule has 0 nitrogen and oxygen atoms in total. The van der Waals surface area contributed by atoms with Crippen molar-refractivity contribution in [1.29, 1.82) is 0 Å². The molecule has 1 aliphatic rings. The van der Waals surface area contributed by atoms with E-state index in [4.69, 9.17) is 0 Å². The van der Waals surface area contributed by atoms with Crippen molar-refractivity contribution in [3.8, 4) is 0 Å². The molecule has 2 radical (unpaired) electrons. The molecule has 0 bridgehead atoms. The van der Waals surface area contributed by atoms with E-state index < -0.39 is 0 Å². The first kappa shape index (κ1) is 11.6. The van der Waals surface area contributed by atoms with Gasteiger partial charge < -0.3 is 0 Å². The van der Waals surface area contributed by atoms with E-state index in [1.165, 1.54) is 51.4 Å². The SMILES string of the molecule is CCCC1CCCCC1([As])CCC. The third-order valence-electron chi connectivity index (χ3n) is 3.49. The van der Waals surface area contributed by atoms with Gasteiger partial charge in [0.15, 0.2) is 0 Å². The molecule has 0 aromatic heterocycles. The van der Waals surface area contributed by atoms with Gasteiger partial charge in [0, 0.05) is 0 Å². The molecule has 0 heterocycles. The molecule has 1 rings (SSSR count). The first-order valence-corrected chi connectivity index (χ1v) is 6.89. The minimum absolute atomic E-state index is 0.635. The Kier molecular flexibility index (Phi) is 4.87. The van der Waals surface area contributed by atoms with E-state index in [2.05, 4.69) is 30.7 Å². The van der Waals surface area contributed by atoms with Gasteiger partial charge >= 0.3 is 92.2 Å². The van der Waals surface area contributed by atoms with Gasteiger partial charge in [-0.1, -0.05) is 0 Å². The third kappa shape index (κ3) is 3.01. The van der Waals surface area contributed by atoms with Crippen molar-refractivity contribution in [2.75, 3.05) is 0 Å². The van der Waals surface area contributed by atoms with Crippen LogP contribution in [0.15, 0.2) is 0 Å². The molecule has 1 saturated carbocycles. The molecule has 0 amide bonds. The maximum absolute atomic E-state index is 3.03. The summed E-state index contributed by atoms with van der Waals surface area (Å²) in [4.78, 5) is 0. The van der Waals surface area contributed by atoms with Gasteiger partial charge in [0.2, 0.25) is 0 Å². The predicted octanol–water partition coefficient (Wildman–Crippen LogP) is 4.10. The molecule has 0 aromatic rings. The third-order valence-corrected chi connectivity index (χ3v) is 5.20. The fourth-order valence-electron chi connectivity index (χ4n) is 2.82. The molecule has 0 aromatic carbocycles. The van der Waals surface area contributed by atoms with Gasteiger partial charge in [-0.05, 0) is 0 Å². The first-order valence-electron chi connectivity index (χ1n) is 5.95. The summed E-state index contributed by atoms with van der Waals surface area (Å²) in [6.45, 7) is 4.65. The molecule has 76 valence electrons. The molecular weight excluding hydrogens is 219 g/mol. The number of hydrogen-bond acceptors (Lipinski definition) is 0. The van der Waals surface area contributed by atoms with Crippen LogP contribution in [0.2, 0.25) is 4.20 Å². The average molecular weight is 242 g/mol. The summed E-state index contributed by atoms with van der Waals surface area (Å²) in [5.41, 5.74) is 0. The normalized spacial score (nSPS) is 34.8. The van der Waals surface area contributed by atoms with Crippen molar-refractivity contribution >= 4 is 16.9 Å². The van der Waals surface area contributed by atoms with E-state index in [0.29, 0.717) is 4.20 Å². The number of rotatable bonds is 4. The van der Waals surface area contributed by atoms with Crippen molar-refractivity contribution in [3.05, 3.63) is 0 Å². The predicted molar refractivity (Wildman–Crippen MR) is 60.2 cm³/mol. The van der Waals surface area contributed by atoms with Crippen LogP contribution in [0, 0.1) is 5.92 Å². The van der Waals surface area contributed by atoms with Gasteiger partial charge in [-0.25, -0.2) is 0 Å². The van der Waals surface area contributed by atoms with E-state index in [9.17, 15) is 0 Å². The summed E-state index contributed by atoms with van der Waals surface area (Å²) in [7, 11) is 0. The average Bonchev–Trinajstić information content (AvgIpc) is 2.10. The zero-order chi connectivity index (χ0) is 9.73. The molecule has 1 fully saturated rings. The standard InChI is InChI=1S/C12H23As/c1-3-7-11-8-5-6-10-12(11,13)9-4-2/h11H,3-10H2,1-2H3. The summed E-state index contributed by atoms with van der Waals surface area (Å²) in [5, 5.41) is 0. The Morgan fingerprint density at radius 1 is 1.23 bits per heavy atom. The second-order valence-electron chi connectivity index (χ2n) is 4.58. The van der Waals surface area contributed by atoms with Gasteiger partial charge in [-0.15, -0.1) is 0 Å². The molecule has 13 heavy (non-hydrogen) atoms. The van der Waals surface area contributed by atoms with Gasteiger partial charge in [0.05, 0.1) is 0 Å². The Morgan fingerprint density at radius 3 is 2.62 bits per heavy atom. The van der Waals surface area contributed by atoms with Crippen LogP contribution in [-0.4, -0.2) is 16.9 Å². The van der Waals surface area contributed by atoms with E-state index >= 15 is 0 Å². The van der Waals surface area contributed by atoms with Crippen LogP contribution in [0.4, 0.5) is 0 Å². The van der Waals surface area contributed by atoms with Crippen molar-refractivity contribution in [1.82, 2.24) is 0 Å². The van der Waals surface area contributed by atoms with Gasteiger partial charge in [-0.2, -0.15) is 0 Å². The summed E-state index contributed by atoms with van der Waals surface area (Å²) >= 11 is 3.03. The molecule has 1 aliphatic carbocycles. The van der Waals surface area contributed by atoms with Crippen LogP contribution in [0.1, 0.15) is 65.2 Å². The monoisotopic (exact) mass is 242 g/mol. The van der Waals surface area contributed by atoms with E-state index in [-0.39, 0.29) is 0 Å². The van der Waals surface area contributed by atoms with E-state index in [1.54, 1.807) is 0 Å². The van der Waals surface area contributed by atoms with Crippen LogP contribution in [0.25, 0.3) is 0 Å². The molecule has 0 N–H and O–H groups in total. The topological polar surface area (TPSA) is 0 Å². The summed E-state index contributed by atoms with van der Waals surface area (Å²) in [6.07, 6.45) is 11.5. The van der Waals surface area contributed by atoms with Gasteiger partial charge in [-0.3, -0.25) is 0 Å². The molecule has 0 spiro atoms. The van der Waals surface area contributed by atoms with Crippen LogP contribution in [-0.2, 0) is 0 Å². The number of hydrogen-bond donors (Lipinski definition) is 0. The molecule has 2 atom stereocenters. The molecule has 0 aliphatic heterocycles. The Hall–Kier alpha value is 0.558. The minimum atomic E-state index is 0.635. The molecular formula is C12H23As. The summed E-state index contributed by atoms with van der Waals surface area (Å²) in [6, 6.07) is 0. The van der Waals surface area contributed by atoms with Crippen molar-refractivity contribution in [2.45, 2.75) is 69.4 Å². The second-order valence-corrected chi connectivity index (χ2v) is 6.45. The van der Waals surface area contributed by atoms with Crippen molar-refractivity contribution < 1.29 is 0 Å². The summed E-state index contributed by atoms with van der Waals surface area (Å²) < 4.78 is 0.635. The second kappa shape index (κ2) is 5.44. The quantitative estimate of drug-likeness (QED) is 0.651. The molecule has 1 heteroatoms. The Morgan fingerprint density at radius 2 is 2.00 bits per heavy atom. The van der Waals surface area contributed by atoms with E-state index in [1.807, 2.05) is 0 Å². The Labute approximate surface area is 92.4 Å². The van der Waals surface area contributed by atoms with Crippen LogP contribution < -0.4 is 0 Å². The summed E-state index contributed by atoms with van der Waals surface area (Å²) in [5.74, 6) is 1.01. The molecule has 2 unspecified atom stereocenters. The van der Waals surface area contributed by atoms with Gasteiger partial charge in [0.25, 0.3) is 0 Å². The zero-order valence-electron chi connectivity index (χ0n) is 9.18. The maximum atomic E-state index is 3.03. The van der Waals surface area contributed by atoms with Crippen LogP contribution in [0.3, 0.4) is 0 Å². The van der Waals surface area contributed by atoms with Crippen LogP contribution in [0.5, 0.6) is 0 Å². The van der Waals surface area contributed by atoms with E-state index in [0.717, 1.165) is 5.92 Å². The van der Waals surface area contributed by atoms with Gasteiger partial charge in [0.1, 0.15) is 0 Å². The fraction of sp³-hybridized carbons (Fsp3) is 1.00. The van der Waals surface area contributed by atoms with Crippen molar-refractivity contribution in [3.63, 3.8) is 0 Å². The Balaban J connectivity index is 2.54.